The number of thiophene rings is 1. The monoisotopic (exact) mass is 473 g/mol. The summed E-state index contributed by atoms with van der Waals surface area (Å²) in [6.07, 6.45) is 0. The summed E-state index contributed by atoms with van der Waals surface area (Å²) < 4.78 is 5.15. The number of rotatable bonds is 1. The van der Waals surface area contributed by atoms with E-state index < -0.39 is 0 Å². The van der Waals surface area contributed by atoms with Gasteiger partial charge in [-0.15, -0.1) is 11.3 Å². The van der Waals surface area contributed by atoms with Crippen LogP contribution in [-0.4, -0.2) is 4.57 Å². The number of nitrogens with zero attached hydrogens (tertiary/aromatic N) is 1. The van der Waals surface area contributed by atoms with Crippen LogP contribution in [0.4, 0.5) is 0 Å². The number of hydrogen-bond donors (Lipinski definition) is 0. The molecule has 0 saturated heterocycles. The van der Waals surface area contributed by atoms with Crippen LogP contribution < -0.4 is 0 Å². The zero-order valence-corrected chi connectivity index (χ0v) is 20.1. The fourth-order valence-electron chi connectivity index (χ4n) is 6.38. The molecular weight excluding hydrogens is 454 g/mol. The van der Waals surface area contributed by atoms with Crippen molar-refractivity contribution in [3.63, 3.8) is 0 Å². The number of benzene rings is 6. The highest BCUT2D eigenvalue weighted by atomic mass is 32.1. The molecule has 0 spiro atoms. The quantitative estimate of drug-likeness (QED) is 0.223. The van der Waals surface area contributed by atoms with Gasteiger partial charge in [-0.05, 0) is 69.4 Å². The van der Waals surface area contributed by atoms with Gasteiger partial charge in [-0.3, -0.25) is 0 Å². The molecule has 9 rings (SSSR count). The van der Waals surface area contributed by atoms with Crippen LogP contribution >= 0.6 is 11.3 Å². The summed E-state index contributed by atoms with van der Waals surface area (Å²) in [5.74, 6) is 0. The van der Waals surface area contributed by atoms with Crippen molar-refractivity contribution in [2.45, 2.75) is 0 Å². The zero-order valence-electron chi connectivity index (χ0n) is 19.3. The van der Waals surface area contributed by atoms with Crippen LogP contribution in [0.15, 0.2) is 115 Å². The van der Waals surface area contributed by atoms with Crippen LogP contribution in [0.3, 0.4) is 0 Å². The second-order valence-corrected chi connectivity index (χ2v) is 10.8. The lowest BCUT2D eigenvalue weighted by Crippen LogP contribution is -1.94. The third kappa shape index (κ3) is 2.30. The Bertz CT molecular complexity index is 2200. The highest BCUT2D eigenvalue weighted by Crippen LogP contribution is 2.48. The lowest BCUT2D eigenvalue weighted by atomic mass is 10.0. The molecular formula is C34H19NS. The molecule has 6 aromatic carbocycles. The summed E-state index contributed by atoms with van der Waals surface area (Å²) in [6, 6.07) is 42.7. The molecule has 0 amide bonds. The standard InChI is InChI=1S/C34H19NS/c1-3-13-30-23(9-1)28-19-33-29(24-10-2-4-14-32(24)36-33)18-31(28)35(30)21-15-16-22-25-11-5-7-20-8-6-12-26(34(20)25)27(22)17-21/h1-19H. The molecule has 1 nitrogen and oxygen atoms in total. The first kappa shape index (κ1) is 18.9. The van der Waals surface area contributed by atoms with Gasteiger partial charge in [0.15, 0.2) is 0 Å². The summed E-state index contributed by atoms with van der Waals surface area (Å²) in [7, 11) is 0. The van der Waals surface area contributed by atoms with Crippen molar-refractivity contribution in [1.82, 2.24) is 4.57 Å². The van der Waals surface area contributed by atoms with E-state index in [2.05, 4.69) is 120 Å². The van der Waals surface area contributed by atoms with Crippen molar-refractivity contribution in [2.75, 3.05) is 0 Å². The molecule has 0 saturated carbocycles. The second kappa shape index (κ2) is 6.63. The Morgan fingerprint density at radius 3 is 2.11 bits per heavy atom. The predicted molar refractivity (Wildman–Crippen MR) is 156 cm³/mol. The van der Waals surface area contributed by atoms with E-state index >= 15 is 0 Å². The van der Waals surface area contributed by atoms with Crippen molar-refractivity contribution in [2.24, 2.45) is 0 Å². The van der Waals surface area contributed by atoms with Crippen molar-refractivity contribution in [3.05, 3.63) is 115 Å². The van der Waals surface area contributed by atoms with Gasteiger partial charge in [-0.25, -0.2) is 0 Å². The minimum absolute atomic E-state index is 1.21. The smallest absolute Gasteiger partial charge is 0.0548 e. The van der Waals surface area contributed by atoms with E-state index in [1.807, 2.05) is 11.3 Å². The summed E-state index contributed by atoms with van der Waals surface area (Å²) in [4.78, 5) is 0. The lowest BCUT2D eigenvalue weighted by Gasteiger charge is -2.11. The number of para-hydroxylation sites is 1. The van der Waals surface area contributed by atoms with Crippen molar-refractivity contribution in [1.29, 1.82) is 0 Å². The van der Waals surface area contributed by atoms with Gasteiger partial charge in [0.05, 0.1) is 11.0 Å². The van der Waals surface area contributed by atoms with Gasteiger partial charge in [-0.1, -0.05) is 78.9 Å². The first-order valence-electron chi connectivity index (χ1n) is 12.4. The second-order valence-electron chi connectivity index (χ2n) is 9.76. The minimum Gasteiger partial charge on any atom is -0.309 e. The van der Waals surface area contributed by atoms with Crippen LogP contribution in [0.1, 0.15) is 0 Å². The lowest BCUT2D eigenvalue weighted by molar-refractivity contribution is 1.18. The third-order valence-electron chi connectivity index (χ3n) is 7.92. The molecule has 1 aliphatic carbocycles. The molecule has 36 heavy (non-hydrogen) atoms. The van der Waals surface area contributed by atoms with Crippen LogP contribution in [0.2, 0.25) is 0 Å². The van der Waals surface area contributed by atoms with Gasteiger partial charge in [0, 0.05) is 36.6 Å². The Labute approximate surface area is 211 Å². The molecule has 0 aliphatic heterocycles. The predicted octanol–water partition coefficient (Wildman–Crippen LogP) is 9.95. The molecule has 2 heterocycles. The van der Waals surface area contributed by atoms with Crippen LogP contribution in [0.25, 0.3) is 80.7 Å². The summed E-state index contributed by atoms with van der Waals surface area (Å²) in [5.41, 5.74) is 9.07. The Morgan fingerprint density at radius 2 is 1.22 bits per heavy atom. The maximum atomic E-state index is 2.46. The number of aromatic nitrogens is 1. The number of hydrogen-bond acceptors (Lipinski definition) is 1. The summed E-state index contributed by atoms with van der Waals surface area (Å²) in [6.45, 7) is 0. The molecule has 0 unspecified atom stereocenters. The first-order valence-corrected chi connectivity index (χ1v) is 13.2. The highest BCUT2D eigenvalue weighted by Gasteiger charge is 2.22. The molecule has 2 heteroatoms. The van der Waals surface area contributed by atoms with Gasteiger partial charge >= 0.3 is 0 Å². The third-order valence-corrected chi connectivity index (χ3v) is 9.05. The Morgan fingerprint density at radius 1 is 0.444 bits per heavy atom. The Balaban J connectivity index is 1.39. The van der Waals surface area contributed by atoms with E-state index in [-0.39, 0.29) is 0 Å². The first-order chi connectivity index (χ1) is 17.8. The van der Waals surface area contributed by atoms with E-state index in [0.717, 1.165) is 0 Å². The van der Waals surface area contributed by atoms with E-state index in [1.165, 1.54) is 80.7 Å². The molecule has 166 valence electrons. The molecule has 0 N–H and O–H groups in total. The molecule has 8 aromatic rings. The summed E-state index contributed by atoms with van der Waals surface area (Å²) >= 11 is 1.89. The van der Waals surface area contributed by atoms with Crippen LogP contribution in [0, 0.1) is 0 Å². The molecule has 0 atom stereocenters. The van der Waals surface area contributed by atoms with Gasteiger partial charge in [0.2, 0.25) is 0 Å². The Kier molecular flexibility index (Phi) is 3.47. The maximum Gasteiger partial charge on any atom is 0.0548 e. The van der Waals surface area contributed by atoms with E-state index in [1.54, 1.807) is 0 Å². The number of fused-ring (bicyclic) bond motifs is 9. The largest absolute Gasteiger partial charge is 0.309 e. The molecule has 0 fully saturated rings. The average molecular weight is 474 g/mol. The van der Waals surface area contributed by atoms with Crippen molar-refractivity contribution in [3.8, 4) is 27.9 Å². The normalized spacial score (nSPS) is 12.4. The summed E-state index contributed by atoms with van der Waals surface area (Å²) in [5, 5.41) is 7.98. The maximum absolute atomic E-state index is 2.46. The Hall–Kier alpha value is -4.40. The molecule has 0 radical (unpaired) electrons. The van der Waals surface area contributed by atoms with Crippen LogP contribution in [0.5, 0.6) is 0 Å². The van der Waals surface area contributed by atoms with E-state index in [0.29, 0.717) is 0 Å². The van der Waals surface area contributed by atoms with E-state index in [4.69, 9.17) is 0 Å². The molecule has 2 aromatic heterocycles. The molecule has 1 aliphatic rings. The van der Waals surface area contributed by atoms with Crippen molar-refractivity contribution < 1.29 is 0 Å². The van der Waals surface area contributed by atoms with Crippen LogP contribution in [-0.2, 0) is 0 Å². The topological polar surface area (TPSA) is 4.93 Å². The zero-order chi connectivity index (χ0) is 23.4. The fraction of sp³-hybridized carbons (Fsp3) is 0. The average Bonchev–Trinajstić information content (AvgIpc) is 3.56. The van der Waals surface area contributed by atoms with Gasteiger partial charge in [0.1, 0.15) is 0 Å². The van der Waals surface area contributed by atoms with E-state index in [9.17, 15) is 0 Å². The SMILES string of the molecule is c1cc2c3c(cccc3c1)-c1cc(-n3c4ccccc4c4cc5sc6ccccc6c5cc43)ccc1-2. The van der Waals surface area contributed by atoms with Crippen molar-refractivity contribution >= 4 is 64.1 Å². The van der Waals surface area contributed by atoms with Gasteiger partial charge in [0.25, 0.3) is 0 Å². The highest BCUT2D eigenvalue weighted by molar-refractivity contribution is 7.25. The fourth-order valence-corrected chi connectivity index (χ4v) is 7.51. The van der Waals surface area contributed by atoms with Gasteiger partial charge < -0.3 is 4.57 Å². The van der Waals surface area contributed by atoms with Gasteiger partial charge in [-0.2, -0.15) is 0 Å². The molecule has 0 bridgehead atoms. The minimum atomic E-state index is 1.21.